The number of hydrogen-bond donors (Lipinski definition) is 0. The minimum absolute atomic E-state index is 0.106. The average molecular weight is 167 g/mol. The van der Waals surface area contributed by atoms with E-state index in [1.807, 2.05) is 6.07 Å². The monoisotopic (exact) mass is 167 g/mol. The van der Waals surface area contributed by atoms with Crippen LogP contribution in [0.5, 0.6) is 0 Å². The predicted molar refractivity (Wildman–Crippen MR) is 45.2 cm³/mol. The van der Waals surface area contributed by atoms with Gasteiger partial charge < -0.3 is 4.74 Å². The molecule has 0 aromatic heterocycles. The molecule has 0 aliphatic heterocycles. The Labute approximate surface area is 72.6 Å². The first-order valence-corrected chi connectivity index (χ1v) is 3.63. The maximum absolute atomic E-state index is 10.9. The summed E-state index contributed by atoms with van der Waals surface area (Å²) in [5.74, 6) is -0.446. The fourth-order valence-corrected chi connectivity index (χ4v) is 0.401. The Kier molecular flexibility index (Phi) is 3.49. The van der Waals surface area contributed by atoms with Crippen molar-refractivity contribution in [1.82, 2.24) is 0 Å². The molecule has 0 amide bonds. The molecule has 0 aromatic carbocycles. The van der Waals surface area contributed by atoms with E-state index >= 15 is 0 Å². The molecule has 0 radical (unpaired) electrons. The van der Waals surface area contributed by atoms with Crippen LogP contribution in [-0.4, -0.2) is 12.6 Å². The molecule has 0 spiro atoms. The summed E-state index contributed by atoms with van der Waals surface area (Å²) < 4.78 is 4.80. The maximum atomic E-state index is 10.9. The van der Waals surface area contributed by atoms with Gasteiger partial charge >= 0.3 is 5.97 Å². The first-order valence-electron chi connectivity index (χ1n) is 3.63. The average Bonchev–Trinajstić information content (AvgIpc) is 2.00. The molecule has 0 atom stereocenters. The molecule has 0 saturated carbocycles. The van der Waals surface area contributed by atoms with Crippen molar-refractivity contribution in [2.24, 2.45) is 5.41 Å². The summed E-state index contributed by atoms with van der Waals surface area (Å²) in [6.07, 6.45) is 0. The van der Waals surface area contributed by atoms with Gasteiger partial charge in [-0.25, -0.2) is 4.79 Å². The van der Waals surface area contributed by atoms with Gasteiger partial charge in [-0.2, -0.15) is 5.26 Å². The van der Waals surface area contributed by atoms with Gasteiger partial charge in [-0.1, -0.05) is 6.58 Å². The number of nitrogens with zero attached hydrogens (tertiary/aromatic N) is 1. The number of ether oxygens (including phenoxy) is 1. The Morgan fingerprint density at radius 1 is 1.67 bits per heavy atom. The van der Waals surface area contributed by atoms with E-state index < -0.39 is 11.4 Å². The third-order valence-corrected chi connectivity index (χ3v) is 1.22. The molecule has 0 N–H and O–H groups in total. The van der Waals surface area contributed by atoms with Crippen LogP contribution in [0.25, 0.3) is 0 Å². The van der Waals surface area contributed by atoms with Crippen molar-refractivity contribution in [1.29, 1.82) is 5.26 Å². The molecule has 0 bridgehead atoms. The smallest absolute Gasteiger partial charge is 0.333 e. The van der Waals surface area contributed by atoms with Crippen molar-refractivity contribution in [3.8, 4) is 6.07 Å². The van der Waals surface area contributed by atoms with Crippen molar-refractivity contribution in [3.05, 3.63) is 12.2 Å². The molecule has 0 aliphatic carbocycles. The van der Waals surface area contributed by atoms with Gasteiger partial charge in [0.2, 0.25) is 0 Å². The molecule has 0 fully saturated rings. The van der Waals surface area contributed by atoms with Crippen LogP contribution in [-0.2, 0) is 9.53 Å². The highest BCUT2D eigenvalue weighted by atomic mass is 16.5. The quantitative estimate of drug-likeness (QED) is 0.474. The van der Waals surface area contributed by atoms with E-state index in [0.717, 1.165) is 0 Å². The first-order chi connectivity index (χ1) is 5.39. The summed E-state index contributed by atoms with van der Waals surface area (Å²) in [6.45, 7) is 8.52. The number of esters is 1. The summed E-state index contributed by atoms with van der Waals surface area (Å²) in [4.78, 5) is 10.9. The van der Waals surface area contributed by atoms with Crippen LogP contribution in [0.2, 0.25) is 0 Å². The molecule has 0 aromatic rings. The zero-order valence-corrected chi connectivity index (χ0v) is 7.68. The molecule has 66 valence electrons. The molecule has 3 heteroatoms. The highest BCUT2D eigenvalue weighted by molar-refractivity contribution is 5.86. The Morgan fingerprint density at radius 3 is 2.50 bits per heavy atom. The van der Waals surface area contributed by atoms with Crippen molar-refractivity contribution >= 4 is 5.97 Å². The third kappa shape index (κ3) is 3.77. The fourth-order valence-electron chi connectivity index (χ4n) is 0.401. The maximum Gasteiger partial charge on any atom is 0.333 e. The lowest BCUT2D eigenvalue weighted by Gasteiger charge is -2.14. The van der Waals surface area contributed by atoms with E-state index in [1.165, 1.54) is 0 Å². The highest BCUT2D eigenvalue weighted by Gasteiger charge is 2.19. The Hall–Kier alpha value is -1.30. The van der Waals surface area contributed by atoms with Crippen LogP contribution in [0.4, 0.5) is 0 Å². The number of carbonyl (C=O) groups is 1. The Bertz CT molecular complexity index is 235. The molecule has 12 heavy (non-hydrogen) atoms. The van der Waals surface area contributed by atoms with Gasteiger partial charge in [0.05, 0.1) is 11.5 Å². The Morgan fingerprint density at radius 2 is 2.17 bits per heavy atom. The van der Waals surface area contributed by atoms with Crippen LogP contribution >= 0.6 is 0 Å². The minimum atomic E-state index is -0.620. The van der Waals surface area contributed by atoms with Crippen LogP contribution < -0.4 is 0 Å². The van der Waals surface area contributed by atoms with E-state index in [4.69, 9.17) is 10.00 Å². The molecule has 0 aliphatic rings. The fraction of sp³-hybridized carbons (Fsp3) is 0.556. The van der Waals surface area contributed by atoms with E-state index in [0.29, 0.717) is 5.57 Å². The molecule has 0 saturated heterocycles. The summed E-state index contributed by atoms with van der Waals surface area (Å²) >= 11 is 0. The second-order valence-electron chi connectivity index (χ2n) is 3.35. The summed E-state index contributed by atoms with van der Waals surface area (Å²) in [7, 11) is 0. The van der Waals surface area contributed by atoms with E-state index in [1.54, 1.807) is 20.8 Å². The van der Waals surface area contributed by atoms with Gasteiger partial charge in [0.1, 0.15) is 6.61 Å². The van der Waals surface area contributed by atoms with Crippen molar-refractivity contribution in [2.75, 3.05) is 6.61 Å². The van der Waals surface area contributed by atoms with Gasteiger partial charge in [-0.15, -0.1) is 0 Å². The van der Waals surface area contributed by atoms with Crippen LogP contribution in [0.15, 0.2) is 12.2 Å². The van der Waals surface area contributed by atoms with Gasteiger partial charge in [-0.3, -0.25) is 0 Å². The molecule has 0 rings (SSSR count). The van der Waals surface area contributed by atoms with Crippen molar-refractivity contribution in [3.63, 3.8) is 0 Å². The Balaban J connectivity index is 3.94. The van der Waals surface area contributed by atoms with Crippen molar-refractivity contribution in [2.45, 2.75) is 20.8 Å². The zero-order valence-electron chi connectivity index (χ0n) is 7.68. The summed E-state index contributed by atoms with van der Waals surface area (Å²) in [5, 5.41) is 8.58. The number of carbonyl (C=O) groups excluding carboxylic acids is 1. The lowest BCUT2D eigenvalue weighted by atomic mass is 9.98. The van der Waals surface area contributed by atoms with Gasteiger partial charge in [0, 0.05) is 5.57 Å². The van der Waals surface area contributed by atoms with Gasteiger partial charge in [0.25, 0.3) is 0 Å². The number of rotatable bonds is 3. The van der Waals surface area contributed by atoms with Crippen LogP contribution in [0.1, 0.15) is 20.8 Å². The zero-order chi connectivity index (χ0) is 9.78. The predicted octanol–water partition coefficient (Wildman–Crippen LogP) is 1.66. The first kappa shape index (κ1) is 10.7. The number of nitriles is 1. The highest BCUT2D eigenvalue weighted by Crippen LogP contribution is 2.13. The molecule has 0 unspecified atom stereocenters. The van der Waals surface area contributed by atoms with Gasteiger partial charge in [-0.05, 0) is 20.8 Å². The largest absolute Gasteiger partial charge is 0.461 e. The van der Waals surface area contributed by atoms with Crippen molar-refractivity contribution < 1.29 is 9.53 Å². The molecule has 0 heterocycles. The second-order valence-corrected chi connectivity index (χ2v) is 3.35. The molecular formula is C9H13NO2. The molecule has 3 nitrogen and oxygen atoms in total. The molecular weight excluding hydrogens is 154 g/mol. The van der Waals surface area contributed by atoms with E-state index in [2.05, 4.69) is 6.58 Å². The van der Waals surface area contributed by atoms with E-state index in [-0.39, 0.29) is 6.61 Å². The van der Waals surface area contributed by atoms with Gasteiger partial charge in [0.15, 0.2) is 0 Å². The minimum Gasteiger partial charge on any atom is -0.461 e. The summed E-state index contributed by atoms with van der Waals surface area (Å²) in [5.41, 5.74) is -0.269. The number of hydrogen-bond acceptors (Lipinski definition) is 3. The van der Waals surface area contributed by atoms with Crippen LogP contribution in [0, 0.1) is 16.7 Å². The lowest BCUT2D eigenvalue weighted by Crippen LogP contribution is -2.20. The standard InChI is InChI=1S/C9H13NO2/c1-7(2)8(11)12-6-9(3,4)5-10/h1,6H2,2-4H3. The third-order valence-electron chi connectivity index (χ3n) is 1.22. The lowest BCUT2D eigenvalue weighted by molar-refractivity contribution is -0.140. The second kappa shape index (κ2) is 3.91. The SMILES string of the molecule is C=C(C)C(=O)OCC(C)(C)C#N. The summed E-state index contributed by atoms with van der Waals surface area (Å²) in [6, 6.07) is 2.03. The van der Waals surface area contributed by atoms with E-state index in [9.17, 15) is 4.79 Å². The van der Waals surface area contributed by atoms with Crippen LogP contribution in [0.3, 0.4) is 0 Å². The topological polar surface area (TPSA) is 50.1 Å². The normalized spacial score (nSPS) is 10.2.